The van der Waals surface area contributed by atoms with Crippen LogP contribution >= 0.6 is 11.3 Å². The Bertz CT molecular complexity index is 989. The average Bonchev–Trinajstić information content (AvgIpc) is 3.12. The second kappa shape index (κ2) is 12.3. The summed E-state index contributed by atoms with van der Waals surface area (Å²) in [6, 6.07) is 2.06. The fourth-order valence-corrected chi connectivity index (χ4v) is 6.28. The molecule has 1 aliphatic carbocycles. The molecule has 0 aromatic carbocycles. The summed E-state index contributed by atoms with van der Waals surface area (Å²) in [5.74, 6) is 1.98. The van der Waals surface area contributed by atoms with Crippen LogP contribution in [0, 0.1) is 25.7 Å². The number of fused-ring (bicyclic) bond motifs is 1. The topological polar surface area (TPSA) is 55.3 Å². The van der Waals surface area contributed by atoms with Gasteiger partial charge in [0, 0.05) is 54.7 Å². The van der Waals surface area contributed by atoms with E-state index in [-0.39, 0.29) is 0 Å². The Morgan fingerprint density at radius 1 is 1.17 bits per heavy atom. The van der Waals surface area contributed by atoms with Crippen molar-refractivity contribution in [3.8, 4) is 5.88 Å². The summed E-state index contributed by atoms with van der Waals surface area (Å²) in [5, 5.41) is 1.02. The largest absolute Gasteiger partial charge is 0.471 e. The number of aryl methyl sites for hydroxylation is 2. The molecule has 4 rings (SSSR count). The van der Waals surface area contributed by atoms with Gasteiger partial charge in [-0.05, 0) is 69.5 Å². The zero-order chi connectivity index (χ0) is 24.8. The molecule has 35 heavy (non-hydrogen) atoms. The molecule has 3 heterocycles. The maximum atomic E-state index is 12.5. The lowest BCUT2D eigenvalue weighted by molar-refractivity contribution is -0.119. The highest BCUT2D eigenvalue weighted by atomic mass is 32.1. The molecule has 1 aliphatic heterocycles. The summed E-state index contributed by atoms with van der Waals surface area (Å²) < 4.78 is 30.3. The third-order valence-corrected chi connectivity index (χ3v) is 8.33. The van der Waals surface area contributed by atoms with Crippen LogP contribution in [0.15, 0.2) is 12.3 Å². The third kappa shape index (κ3) is 7.78. The van der Waals surface area contributed by atoms with Gasteiger partial charge in [0.25, 0.3) is 6.43 Å². The summed E-state index contributed by atoms with van der Waals surface area (Å²) in [6.45, 7) is 6.28. The van der Waals surface area contributed by atoms with Gasteiger partial charge in [-0.2, -0.15) is 0 Å². The van der Waals surface area contributed by atoms with Gasteiger partial charge in [0.05, 0.1) is 5.01 Å². The first-order valence-electron chi connectivity index (χ1n) is 12.9. The number of Topliss-reactive ketones (excluding diaryl/α,β-unsaturated/α-hetero) is 1. The zero-order valence-corrected chi connectivity index (χ0v) is 21.7. The van der Waals surface area contributed by atoms with Crippen molar-refractivity contribution >= 4 is 17.1 Å². The number of halogens is 2. The summed E-state index contributed by atoms with van der Waals surface area (Å²) >= 11 is 1.63. The van der Waals surface area contributed by atoms with Gasteiger partial charge in [0.15, 0.2) is 6.61 Å². The predicted molar refractivity (Wildman–Crippen MR) is 135 cm³/mol. The predicted octanol–water partition coefficient (Wildman–Crippen LogP) is 5.60. The SMILES string of the molecule is Cc1ncc(CC(=O)CC2CCC(CCN3CCc4cc(C)c(OCC(F)F)nc4CC3)CC2)s1. The number of carbonyl (C=O) groups excluding carboxylic acids is 1. The molecule has 2 aromatic rings. The molecule has 0 spiro atoms. The highest BCUT2D eigenvalue weighted by molar-refractivity contribution is 7.11. The number of pyridine rings is 1. The first-order valence-corrected chi connectivity index (χ1v) is 13.7. The summed E-state index contributed by atoms with van der Waals surface area (Å²) in [5.41, 5.74) is 3.03. The van der Waals surface area contributed by atoms with E-state index >= 15 is 0 Å². The lowest BCUT2D eigenvalue weighted by Gasteiger charge is -2.30. The van der Waals surface area contributed by atoms with E-state index in [0.29, 0.717) is 30.4 Å². The van der Waals surface area contributed by atoms with Crippen LogP contribution in [-0.4, -0.2) is 53.3 Å². The third-order valence-electron chi connectivity index (χ3n) is 7.42. The van der Waals surface area contributed by atoms with Gasteiger partial charge in [-0.3, -0.25) is 4.79 Å². The number of ether oxygens (including phenoxy) is 1. The van der Waals surface area contributed by atoms with E-state index in [2.05, 4.69) is 20.9 Å². The Balaban J connectivity index is 1.17. The molecular formula is C27H37F2N3O2S. The zero-order valence-electron chi connectivity index (χ0n) is 20.9. The van der Waals surface area contributed by atoms with Crippen LogP contribution in [0.25, 0.3) is 0 Å². The standard InChI is InChI=1S/C27H37F2N3O2S/c1-18-13-22-8-11-32(12-9-25(22)31-27(18)34-17-26(28)29)10-7-20-3-5-21(6-4-20)14-23(33)15-24-16-30-19(2)35-24/h13,16,20-21,26H,3-12,14-15,17H2,1-2H3. The number of hydrogen-bond donors (Lipinski definition) is 0. The van der Waals surface area contributed by atoms with Crippen LogP contribution in [0.2, 0.25) is 0 Å². The highest BCUT2D eigenvalue weighted by Gasteiger charge is 2.24. The average molecular weight is 506 g/mol. The lowest BCUT2D eigenvalue weighted by atomic mass is 9.78. The first kappa shape index (κ1) is 26.1. The van der Waals surface area contributed by atoms with E-state index in [4.69, 9.17) is 4.74 Å². The quantitative estimate of drug-likeness (QED) is 0.421. The molecule has 0 N–H and O–H groups in total. The number of hydrogen-bond acceptors (Lipinski definition) is 6. The molecule has 1 saturated carbocycles. The van der Waals surface area contributed by atoms with Gasteiger partial charge >= 0.3 is 0 Å². The van der Waals surface area contributed by atoms with E-state index in [1.807, 2.05) is 20.0 Å². The molecule has 0 unspecified atom stereocenters. The molecule has 0 amide bonds. The van der Waals surface area contributed by atoms with E-state index < -0.39 is 13.0 Å². The lowest BCUT2D eigenvalue weighted by Crippen LogP contribution is -2.29. The molecule has 0 bridgehead atoms. The summed E-state index contributed by atoms with van der Waals surface area (Å²) in [4.78, 5) is 24.9. The normalized spacial score (nSPS) is 21.1. The van der Waals surface area contributed by atoms with Gasteiger partial charge in [-0.1, -0.05) is 12.8 Å². The molecule has 2 aromatic heterocycles. The molecule has 5 nitrogen and oxygen atoms in total. The second-order valence-corrected chi connectivity index (χ2v) is 11.5. The Morgan fingerprint density at radius 2 is 1.91 bits per heavy atom. The molecule has 8 heteroatoms. The number of thiazole rings is 1. The van der Waals surface area contributed by atoms with Crippen LogP contribution in [0.3, 0.4) is 0 Å². The van der Waals surface area contributed by atoms with Crippen molar-refractivity contribution in [3.63, 3.8) is 0 Å². The van der Waals surface area contributed by atoms with Crippen LogP contribution in [0.4, 0.5) is 8.78 Å². The second-order valence-electron chi connectivity index (χ2n) is 10.2. The van der Waals surface area contributed by atoms with E-state index in [0.717, 1.165) is 72.4 Å². The molecule has 0 atom stereocenters. The van der Waals surface area contributed by atoms with Gasteiger partial charge in [-0.15, -0.1) is 11.3 Å². The van der Waals surface area contributed by atoms with E-state index in [9.17, 15) is 13.6 Å². The molecule has 192 valence electrons. The molecule has 2 aliphatic rings. The smallest absolute Gasteiger partial charge is 0.272 e. The van der Waals surface area contributed by atoms with Crippen molar-refractivity contribution in [2.45, 2.75) is 78.1 Å². The maximum absolute atomic E-state index is 12.5. The van der Waals surface area contributed by atoms with Crippen LogP contribution in [-0.2, 0) is 24.1 Å². The van der Waals surface area contributed by atoms with E-state index in [1.165, 1.54) is 24.8 Å². The summed E-state index contributed by atoms with van der Waals surface area (Å²) in [6.07, 6.45) is 8.33. The number of ketones is 1. The van der Waals surface area contributed by atoms with Gasteiger partial charge in [0.1, 0.15) is 5.78 Å². The molecule has 0 saturated heterocycles. The van der Waals surface area contributed by atoms with Crippen molar-refractivity contribution in [1.82, 2.24) is 14.9 Å². The van der Waals surface area contributed by atoms with Crippen molar-refractivity contribution in [2.24, 2.45) is 11.8 Å². The minimum absolute atomic E-state index is 0.343. The van der Waals surface area contributed by atoms with Gasteiger partial charge in [0.2, 0.25) is 5.88 Å². The monoisotopic (exact) mass is 505 g/mol. The molecule has 0 radical (unpaired) electrons. The van der Waals surface area contributed by atoms with Crippen LogP contribution in [0.1, 0.15) is 65.2 Å². The van der Waals surface area contributed by atoms with Gasteiger partial charge in [-0.25, -0.2) is 18.7 Å². The molecule has 1 fully saturated rings. The van der Waals surface area contributed by atoms with Crippen molar-refractivity contribution in [1.29, 1.82) is 0 Å². The Morgan fingerprint density at radius 3 is 2.63 bits per heavy atom. The van der Waals surface area contributed by atoms with E-state index in [1.54, 1.807) is 11.3 Å². The number of nitrogens with zero attached hydrogens (tertiary/aromatic N) is 3. The minimum Gasteiger partial charge on any atom is -0.471 e. The highest BCUT2D eigenvalue weighted by Crippen LogP contribution is 2.33. The van der Waals surface area contributed by atoms with Crippen LogP contribution in [0.5, 0.6) is 5.88 Å². The van der Waals surface area contributed by atoms with Gasteiger partial charge < -0.3 is 9.64 Å². The maximum Gasteiger partial charge on any atom is 0.272 e. The van der Waals surface area contributed by atoms with Crippen LogP contribution < -0.4 is 4.74 Å². The van der Waals surface area contributed by atoms with Crippen molar-refractivity contribution in [3.05, 3.63) is 39.0 Å². The minimum atomic E-state index is -2.49. The van der Waals surface area contributed by atoms with Crippen molar-refractivity contribution < 1.29 is 18.3 Å². The number of carbonyl (C=O) groups is 1. The Kier molecular flexibility index (Phi) is 9.22. The number of aromatic nitrogens is 2. The molecular weight excluding hydrogens is 468 g/mol. The Hall–Kier alpha value is -1.93. The summed E-state index contributed by atoms with van der Waals surface area (Å²) in [7, 11) is 0. The number of alkyl halides is 2. The first-order chi connectivity index (χ1) is 16.9. The fourth-order valence-electron chi connectivity index (χ4n) is 5.45. The van der Waals surface area contributed by atoms with Crippen molar-refractivity contribution in [2.75, 3.05) is 26.2 Å². The number of rotatable bonds is 10. The fraction of sp³-hybridized carbons (Fsp3) is 0.667. The Labute approximate surface area is 211 Å².